The molecule has 0 saturated carbocycles. The molecule has 322 valence electrons. The van der Waals surface area contributed by atoms with Crippen LogP contribution in [0.15, 0.2) is 268 Å². The van der Waals surface area contributed by atoms with Crippen LogP contribution in [0.5, 0.6) is 0 Å². The third-order valence-electron chi connectivity index (χ3n) is 15.4. The summed E-state index contributed by atoms with van der Waals surface area (Å²) in [6.07, 6.45) is 0. The quantitative estimate of drug-likeness (QED) is 0.173. The first-order valence-electron chi connectivity index (χ1n) is 23.8. The number of hydrogen-bond acceptors (Lipinski definition) is 3. The number of anilines is 3. The van der Waals surface area contributed by atoms with Crippen LogP contribution in [0.1, 0.15) is 44.5 Å². The summed E-state index contributed by atoms with van der Waals surface area (Å²) in [7, 11) is 0. The van der Waals surface area contributed by atoms with Gasteiger partial charge < -0.3 is 4.90 Å². The molecule has 0 aromatic heterocycles. The van der Waals surface area contributed by atoms with Gasteiger partial charge in [-0.15, -0.1) is 0 Å². The lowest BCUT2D eigenvalue weighted by molar-refractivity contribution is 0.721. The summed E-state index contributed by atoms with van der Waals surface area (Å²) in [5.74, 6) is 0. The van der Waals surface area contributed by atoms with Crippen LogP contribution in [0.25, 0.3) is 44.2 Å². The van der Waals surface area contributed by atoms with E-state index in [9.17, 15) is 0 Å². The average Bonchev–Trinajstić information content (AvgIpc) is 3.88. The number of benzene rings is 11. The highest BCUT2D eigenvalue weighted by Gasteiger charge is 2.52. The summed E-state index contributed by atoms with van der Waals surface area (Å²) in [4.78, 5) is 7.74. The van der Waals surface area contributed by atoms with Crippen LogP contribution < -0.4 is 4.90 Å². The highest BCUT2D eigenvalue weighted by Crippen LogP contribution is 2.65. The van der Waals surface area contributed by atoms with Crippen molar-refractivity contribution < 1.29 is 0 Å². The molecular weight excluding hydrogens is 871 g/mol. The molecule has 1 nitrogen and oxygen atoms in total. The highest BCUT2D eigenvalue weighted by atomic mass is 32.2. The Labute approximate surface area is 410 Å². The van der Waals surface area contributed by atoms with Crippen LogP contribution in [0.3, 0.4) is 0 Å². The first-order chi connectivity index (χ1) is 34.2. The maximum atomic E-state index is 2.56. The molecule has 0 amide bonds. The van der Waals surface area contributed by atoms with Crippen molar-refractivity contribution in [1.82, 2.24) is 0 Å². The second kappa shape index (κ2) is 14.8. The molecule has 2 aliphatic heterocycles. The molecule has 4 aliphatic rings. The van der Waals surface area contributed by atoms with Crippen molar-refractivity contribution in [3.8, 4) is 33.4 Å². The predicted molar refractivity (Wildman–Crippen MR) is 287 cm³/mol. The van der Waals surface area contributed by atoms with Crippen LogP contribution in [-0.4, -0.2) is 0 Å². The van der Waals surface area contributed by atoms with E-state index in [1.54, 1.807) is 0 Å². The van der Waals surface area contributed by atoms with Crippen LogP contribution >= 0.6 is 23.5 Å². The van der Waals surface area contributed by atoms with E-state index in [0.717, 1.165) is 17.1 Å². The van der Waals surface area contributed by atoms with Gasteiger partial charge in [-0.25, -0.2) is 0 Å². The van der Waals surface area contributed by atoms with E-state index in [4.69, 9.17) is 0 Å². The standard InChI is InChI=1S/C66H41NS2/c1-2-18-42(19-3-1)45-24-16-26-51-46(45)25-17-33-60(51)67(43-36-38-63-58(40-43)65(56-31-12-14-34-61(56)68-63)52-27-8-4-20-47(52)48-21-5-9-28-53(48)65)44-37-39-64-59(41-44)66(57-32-13-15-35-62(57)69-64)54-29-10-6-22-49(54)50-23-7-11-30-55(50)66/h1-41H. The molecular formula is C66H41NS2. The zero-order valence-electron chi connectivity index (χ0n) is 37.4. The monoisotopic (exact) mass is 911 g/mol. The largest absolute Gasteiger partial charge is 0.310 e. The van der Waals surface area contributed by atoms with Crippen molar-refractivity contribution in [2.75, 3.05) is 4.90 Å². The molecule has 3 heteroatoms. The van der Waals surface area contributed by atoms with Crippen molar-refractivity contribution in [2.45, 2.75) is 30.4 Å². The smallest absolute Gasteiger partial charge is 0.0736 e. The van der Waals surface area contributed by atoms with E-state index < -0.39 is 10.8 Å². The zero-order chi connectivity index (χ0) is 45.3. The first-order valence-corrected chi connectivity index (χ1v) is 25.5. The summed E-state index contributed by atoms with van der Waals surface area (Å²) >= 11 is 3.79. The first kappa shape index (κ1) is 39.2. The van der Waals surface area contributed by atoms with Crippen molar-refractivity contribution in [1.29, 1.82) is 0 Å². The molecule has 0 saturated heterocycles. The summed E-state index contributed by atoms with van der Waals surface area (Å²) < 4.78 is 0. The molecule has 2 spiro atoms. The van der Waals surface area contributed by atoms with Crippen LogP contribution in [-0.2, 0) is 10.8 Å². The fourth-order valence-electron chi connectivity index (χ4n) is 12.8. The molecule has 2 heterocycles. The summed E-state index contributed by atoms with van der Waals surface area (Å²) in [6, 6.07) is 93.9. The minimum Gasteiger partial charge on any atom is -0.310 e. The SMILES string of the molecule is c1ccc(-c2cccc3c(N(c4ccc5c(c4)C4(c6ccccc6S5)c5ccccc5-c5ccccc54)c4ccc5c(c4)C4(c6ccccc6S5)c5ccccc5-c5ccccc54)cccc23)cc1. The predicted octanol–water partition coefficient (Wildman–Crippen LogP) is 17.6. The van der Waals surface area contributed by atoms with Gasteiger partial charge in [0.2, 0.25) is 0 Å². The number of nitrogens with zero attached hydrogens (tertiary/aromatic N) is 1. The molecule has 0 unspecified atom stereocenters. The van der Waals surface area contributed by atoms with Gasteiger partial charge in [-0.2, -0.15) is 0 Å². The third kappa shape index (κ3) is 5.29. The molecule has 0 atom stereocenters. The Kier molecular flexibility index (Phi) is 8.43. The van der Waals surface area contributed by atoms with Gasteiger partial charge in [0, 0.05) is 36.3 Å². The summed E-state index contributed by atoms with van der Waals surface area (Å²) in [5.41, 5.74) is 20.7. The lowest BCUT2D eigenvalue weighted by Crippen LogP contribution is -2.32. The molecule has 2 aliphatic carbocycles. The highest BCUT2D eigenvalue weighted by molar-refractivity contribution is 7.99. The fourth-order valence-corrected chi connectivity index (χ4v) is 15.1. The Bertz CT molecular complexity index is 3660. The van der Waals surface area contributed by atoms with E-state index in [-0.39, 0.29) is 0 Å². The average molecular weight is 912 g/mol. The van der Waals surface area contributed by atoms with Gasteiger partial charge >= 0.3 is 0 Å². The Morgan fingerprint density at radius 1 is 0.261 bits per heavy atom. The Morgan fingerprint density at radius 3 is 1.13 bits per heavy atom. The van der Waals surface area contributed by atoms with Crippen molar-refractivity contribution >= 4 is 51.4 Å². The van der Waals surface area contributed by atoms with Gasteiger partial charge in [-0.05, 0) is 138 Å². The van der Waals surface area contributed by atoms with Gasteiger partial charge in [-0.1, -0.05) is 218 Å². The van der Waals surface area contributed by atoms with E-state index in [1.807, 2.05) is 23.5 Å². The normalized spacial score (nSPS) is 14.5. The maximum Gasteiger partial charge on any atom is 0.0736 e. The van der Waals surface area contributed by atoms with Crippen LogP contribution in [0.4, 0.5) is 17.1 Å². The van der Waals surface area contributed by atoms with Gasteiger partial charge in [0.15, 0.2) is 0 Å². The Hall–Kier alpha value is -7.82. The minimum atomic E-state index is -0.511. The van der Waals surface area contributed by atoms with Crippen molar-refractivity contribution in [2.24, 2.45) is 0 Å². The zero-order valence-corrected chi connectivity index (χ0v) is 39.1. The topological polar surface area (TPSA) is 3.24 Å². The number of hydrogen-bond donors (Lipinski definition) is 0. The summed E-state index contributed by atoms with van der Waals surface area (Å²) in [5, 5.41) is 2.42. The lowest BCUT2D eigenvalue weighted by Gasteiger charge is -2.41. The van der Waals surface area contributed by atoms with Crippen LogP contribution in [0.2, 0.25) is 0 Å². The Balaban J connectivity index is 1.03. The molecule has 15 rings (SSSR count). The third-order valence-corrected chi connectivity index (χ3v) is 17.7. The second-order valence-corrected chi connectivity index (χ2v) is 20.8. The molecule has 11 aromatic rings. The van der Waals surface area contributed by atoms with Crippen molar-refractivity contribution in [3.63, 3.8) is 0 Å². The van der Waals surface area contributed by atoms with Gasteiger partial charge in [-0.3, -0.25) is 0 Å². The van der Waals surface area contributed by atoms with Crippen LogP contribution in [0, 0.1) is 0 Å². The fraction of sp³-hybridized carbons (Fsp3) is 0.0303. The maximum absolute atomic E-state index is 2.56. The molecule has 69 heavy (non-hydrogen) atoms. The second-order valence-electron chi connectivity index (χ2n) is 18.6. The molecule has 0 radical (unpaired) electrons. The van der Waals surface area contributed by atoms with Gasteiger partial charge in [0.25, 0.3) is 0 Å². The van der Waals surface area contributed by atoms with E-state index in [2.05, 4.69) is 254 Å². The Morgan fingerprint density at radius 2 is 0.638 bits per heavy atom. The lowest BCUT2D eigenvalue weighted by atomic mass is 9.67. The number of fused-ring (bicyclic) bond motifs is 19. The summed E-state index contributed by atoms with van der Waals surface area (Å²) in [6.45, 7) is 0. The van der Waals surface area contributed by atoms with E-state index in [1.165, 1.54) is 108 Å². The van der Waals surface area contributed by atoms with Gasteiger partial charge in [0.1, 0.15) is 0 Å². The van der Waals surface area contributed by atoms with E-state index in [0.29, 0.717) is 0 Å². The van der Waals surface area contributed by atoms with Gasteiger partial charge in [0.05, 0.1) is 16.5 Å². The number of rotatable bonds is 4. The molecule has 0 fully saturated rings. The molecule has 0 N–H and O–H groups in total. The molecule has 0 bridgehead atoms. The minimum absolute atomic E-state index is 0.511. The molecule has 11 aromatic carbocycles. The van der Waals surface area contributed by atoms with Crippen molar-refractivity contribution in [3.05, 3.63) is 293 Å². The van der Waals surface area contributed by atoms with E-state index >= 15 is 0 Å².